The van der Waals surface area contributed by atoms with E-state index in [1.165, 1.54) is 24.3 Å². The molecule has 1 aliphatic rings. The first-order chi connectivity index (χ1) is 13.6. The Hall–Kier alpha value is -3.09. The van der Waals surface area contributed by atoms with Crippen LogP contribution < -0.4 is 4.72 Å². The minimum absolute atomic E-state index is 0.134. The highest BCUT2D eigenvalue weighted by molar-refractivity contribution is 7.89. The molecule has 9 heteroatoms. The Morgan fingerprint density at radius 1 is 1.18 bits per heavy atom. The van der Waals surface area contributed by atoms with Crippen LogP contribution in [0.3, 0.4) is 0 Å². The van der Waals surface area contributed by atoms with Crippen LogP contribution in [0.25, 0.3) is 11.4 Å². The molecular formula is C19H18N6O2S. The Balaban J connectivity index is 1.47. The summed E-state index contributed by atoms with van der Waals surface area (Å²) in [6.45, 7) is 0.630. The maximum Gasteiger partial charge on any atom is 0.240 e. The van der Waals surface area contributed by atoms with Crippen molar-refractivity contribution in [1.82, 2.24) is 24.5 Å². The van der Waals surface area contributed by atoms with E-state index in [0.717, 1.165) is 24.2 Å². The summed E-state index contributed by atoms with van der Waals surface area (Å²) in [7, 11) is -3.64. The highest BCUT2D eigenvalue weighted by Crippen LogP contribution is 2.41. The van der Waals surface area contributed by atoms with Gasteiger partial charge in [-0.3, -0.25) is 14.6 Å². The molecule has 0 bridgehead atoms. The van der Waals surface area contributed by atoms with Crippen LogP contribution in [0.4, 0.5) is 0 Å². The van der Waals surface area contributed by atoms with Gasteiger partial charge in [-0.1, -0.05) is 0 Å². The Labute approximate surface area is 162 Å². The quantitative estimate of drug-likeness (QED) is 0.656. The molecule has 2 aromatic heterocycles. The van der Waals surface area contributed by atoms with Crippen molar-refractivity contribution >= 4 is 10.0 Å². The zero-order valence-electron chi connectivity index (χ0n) is 15.0. The summed E-state index contributed by atoms with van der Waals surface area (Å²) in [4.78, 5) is 8.49. The Morgan fingerprint density at radius 3 is 2.61 bits per heavy atom. The predicted molar refractivity (Wildman–Crippen MR) is 102 cm³/mol. The maximum atomic E-state index is 12.4. The van der Waals surface area contributed by atoms with Gasteiger partial charge in [0.2, 0.25) is 10.0 Å². The zero-order valence-corrected chi connectivity index (χ0v) is 15.8. The first-order valence-electron chi connectivity index (χ1n) is 8.91. The number of benzene rings is 1. The summed E-state index contributed by atoms with van der Waals surface area (Å²) < 4.78 is 29.3. The molecule has 142 valence electrons. The summed E-state index contributed by atoms with van der Waals surface area (Å²) in [5.41, 5.74) is 2.95. The maximum absolute atomic E-state index is 12.4. The van der Waals surface area contributed by atoms with Crippen LogP contribution in [0.5, 0.6) is 0 Å². The standard InChI is InChI=1S/C19H18N6O2S/c20-12-14-1-5-16(6-2-14)28(26,27)23-9-10-25-19(15-3-4-15)11-17(24-25)18-13-21-7-8-22-18/h1-2,5-8,11,13,15,23H,3-4,9-10H2. The molecular weight excluding hydrogens is 376 g/mol. The SMILES string of the molecule is N#Cc1ccc(S(=O)(=O)NCCn2nc(-c3cnccn3)cc2C2CC2)cc1. The summed E-state index contributed by atoms with van der Waals surface area (Å²) in [5.74, 6) is 0.466. The van der Waals surface area contributed by atoms with Crippen LogP contribution in [0, 0.1) is 11.3 Å². The summed E-state index contributed by atoms with van der Waals surface area (Å²) in [6, 6.07) is 9.81. The van der Waals surface area contributed by atoms with Gasteiger partial charge < -0.3 is 0 Å². The monoisotopic (exact) mass is 394 g/mol. The molecule has 1 saturated carbocycles. The molecule has 8 nitrogen and oxygen atoms in total. The highest BCUT2D eigenvalue weighted by Gasteiger charge is 2.28. The molecule has 1 aliphatic carbocycles. The molecule has 28 heavy (non-hydrogen) atoms. The van der Waals surface area contributed by atoms with Gasteiger partial charge in [-0.2, -0.15) is 10.4 Å². The Morgan fingerprint density at radius 2 is 1.96 bits per heavy atom. The van der Waals surface area contributed by atoms with Gasteiger partial charge in [-0.05, 0) is 43.2 Å². The molecule has 1 N–H and O–H groups in total. The van der Waals surface area contributed by atoms with Crippen molar-refractivity contribution in [2.24, 2.45) is 0 Å². The first-order valence-corrected chi connectivity index (χ1v) is 10.4. The lowest BCUT2D eigenvalue weighted by Crippen LogP contribution is -2.28. The fraction of sp³-hybridized carbons (Fsp3) is 0.263. The lowest BCUT2D eigenvalue weighted by molar-refractivity contribution is 0.551. The van der Waals surface area contributed by atoms with E-state index in [1.54, 1.807) is 18.6 Å². The summed E-state index contributed by atoms with van der Waals surface area (Å²) in [6.07, 6.45) is 7.12. The van der Waals surface area contributed by atoms with E-state index in [9.17, 15) is 8.42 Å². The normalized spacial score (nSPS) is 14.0. The molecule has 4 rings (SSSR count). The fourth-order valence-electron chi connectivity index (χ4n) is 2.95. The molecule has 1 aromatic carbocycles. The van der Waals surface area contributed by atoms with E-state index in [1.807, 2.05) is 16.8 Å². The molecule has 0 saturated heterocycles. The van der Waals surface area contributed by atoms with Crippen LogP contribution in [0.1, 0.15) is 30.0 Å². The van der Waals surface area contributed by atoms with E-state index in [2.05, 4.69) is 19.8 Å². The summed E-state index contributed by atoms with van der Waals surface area (Å²) >= 11 is 0. The number of nitriles is 1. The second-order valence-electron chi connectivity index (χ2n) is 6.58. The van der Waals surface area contributed by atoms with Gasteiger partial charge in [0.25, 0.3) is 0 Å². The molecule has 0 aliphatic heterocycles. The third-order valence-electron chi connectivity index (χ3n) is 4.54. The fourth-order valence-corrected chi connectivity index (χ4v) is 3.97. The number of nitrogens with one attached hydrogen (secondary N) is 1. The van der Waals surface area contributed by atoms with Crippen molar-refractivity contribution in [3.8, 4) is 17.5 Å². The number of nitrogens with zero attached hydrogens (tertiary/aromatic N) is 5. The van der Waals surface area contributed by atoms with Crippen molar-refractivity contribution < 1.29 is 8.42 Å². The van der Waals surface area contributed by atoms with Crippen LogP contribution >= 0.6 is 0 Å². The van der Waals surface area contributed by atoms with Gasteiger partial charge in [0.05, 0.1) is 29.3 Å². The van der Waals surface area contributed by atoms with Gasteiger partial charge in [0.1, 0.15) is 11.4 Å². The van der Waals surface area contributed by atoms with Crippen molar-refractivity contribution in [2.75, 3.05) is 6.54 Å². The number of rotatable bonds is 7. The largest absolute Gasteiger partial charge is 0.267 e. The predicted octanol–water partition coefficient (Wildman–Crippen LogP) is 2.07. The number of aromatic nitrogens is 4. The van der Waals surface area contributed by atoms with E-state index < -0.39 is 10.0 Å². The number of hydrogen-bond acceptors (Lipinski definition) is 6. The van der Waals surface area contributed by atoms with Crippen LogP contribution in [0.2, 0.25) is 0 Å². The van der Waals surface area contributed by atoms with Crippen LogP contribution in [-0.4, -0.2) is 34.7 Å². The average molecular weight is 394 g/mol. The van der Waals surface area contributed by atoms with Gasteiger partial charge in [-0.15, -0.1) is 0 Å². The third kappa shape index (κ3) is 3.93. The molecule has 0 unspecified atom stereocenters. The minimum atomic E-state index is -3.64. The number of sulfonamides is 1. The van der Waals surface area contributed by atoms with E-state index in [-0.39, 0.29) is 11.4 Å². The smallest absolute Gasteiger partial charge is 0.240 e. The molecule has 0 atom stereocenters. The van der Waals surface area contributed by atoms with Gasteiger partial charge in [-0.25, -0.2) is 13.1 Å². The zero-order chi connectivity index (χ0) is 19.6. The molecule has 1 fully saturated rings. The van der Waals surface area contributed by atoms with E-state index in [4.69, 9.17) is 5.26 Å². The minimum Gasteiger partial charge on any atom is -0.267 e. The van der Waals surface area contributed by atoms with Crippen LogP contribution in [0.15, 0.2) is 53.8 Å². The van der Waals surface area contributed by atoms with Gasteiger partial charge in [0.15, 0.2) is 0 Å². The first kappa shape index (κ1) is 18.3. The van der Waals surface area contributed by atoms with E-state index in [0.29, 0.717) is 23.7 Å². The Kier molecular flexibility index (Phi) is 4.90. The lowest BCUT2D eigenvalue weighted by atomic mass is 10.2. The molecule has 2 heterocycles. The summed E-state index contributed by atoms with van der Waals surface area (Å²) in [5, 5.41) is 13.4. The average Bonchev–Trinajstić information content (AvgIpc) is 3.48. The second-order valence-corrected chi connectivity index (χ2v) is 8.34. The van der Waals surface area contributed by atoms with E-state index >= 15 is 0 Å². The number of hydrogen-bond donors (Lipinski definition) is 1. The second kappa shape index (κ2) is 7.50. The molecule has 0 amide bonds. The molecule has 0 spiro atoms. The highest BCUT2D eigenvalue weighted by atomic mass is 32.2. The van der Waals surface area contributed by atoms with Crippen molar-refractivity contribution in [1.29, 1.82) is 5.26 Å². The van der Waals surface area contributed by atoms with Gasteiger partial charge in [0, 0.05) is 30.6 Å². The van der Waals surface area contributed by atoms with Crippen molar-refractivity contribution in [3.05, 3.63) is 60.2 Å². The Bertz CT molecular complexity index is 1110. The van der Waals surface area contributed by atoms with Crippen molar-refractivity contribution in [3.63, 3.8) is 0 Å². The molecule has 3 aromatic rings. The lowest BCUT2D eigenvalue weighted by Gasteiger charge is -2.09. The topological polar surface area (TPSA) is 114 Å². The van der Waals surface area contributed by atoms with Gasteiger partial charge >= 0.3 is 0 Å². The van der Waals surface area contributed by atoms with Crippen molar-refractivity contribution in [2.45, 2.75) is 30.2 Å². The third-order valence-corrected chi connectivity index (χ3v) is 6.02. The van der Waals surface area contributed by atoms with Crippen LogP contribution in [-0.2, 0) is 16.6 Å². The molecule has 0 radical (unpaired) electrons.